The monoisotopic (exact) mass is 424 g/mol. The molecule has 1 fully saturated rings. The van der Waals surface area contributed by atoms with Crippen molar-refractivity contribution in [3.63, 3.8) is 0 Å². The summed E-state index contributed by atoms with van der Waals surface area (Å²) in [7, 11) is 1.54. The zero-order chi connectivity index (χ0) is 22.0. The second kappa shape index (κ2) is 8.67. The van der Waals surface area contributed by atoms with Gasteiger partial charge in [-0.25, -0.2) is 0 Å². The molecule has 2 aromatic carbocycles. The number of aryl methyl sites for hydroxylation is 2. The molecule has 2 amide bonds. The largest absolute Gasteiger partial charge is 0.493 e. The van der Waals surface area contributed by atoms with E-state index in [0.717, 1.165) is 11.1 Å². The molecule has 0 unspecified atom stereocenters. The number of hydrogen-bond donors (Lipinski definition) is 1. The number of benzene rings is 2. The summed E-state index contributed by atoms with van der Waals surface area (Å²) in [6.45, 7) is 7.67. The fourth-order valence-electron chi connectivity index (χ4n) is 3.13. The molecule has 1 saturated heterocycles. The Morgan fingerprint density at radius 3 is 2.47 bits per heavy atom. The Bertz CT molecular complexity index is 1060. The first-order valence-electron chi connectivity index (χ1n) is 9.54. The van der Waals surface area contributed by atoms with Crippen LogP contribution in [0, 0.1) is 13.8 Å². The van der Waals surface area contributed by atoms with Gasteiger partial charge in [-0.1, -0.05) is 18.2 Å². The quantitative estimate of drug-likeness (QED) is 0.448. The van der Waals surface area contributed by atoms with E-state index in [1.165, 1.54) is 11.0 Å². The second-order valence-corrected chi connectivity index (χ2v) is 7.71. The highest BCUT2D eigenvalue weighted by Crippen LogP contribution is 2.31. The van der Waals surface area contributed by atoms with E-state index in [9.17, 15) is 9.59 Å². The van der Waals surface area contributed by atoms with Gasteiger partial charge in [0.15, 0.2) is 16.6 Å². The highest BCUT2D eigenvalue weighted by atomic mass is 32.1. The summed E-state index contributed by atoms with van der Waals surface area (Å²) >= 11 is 5.29. The first-order valence-corrected chi connectivity index (χ1v) is 9.95. The maximum atomic E-state index is 13.2. The number of amides is 2. The second-order valence-electron chi connectivity index (χ2n) is 7.32. The number of methoxy groups -OCH3 is 1. The fourth-order valence-corrected chi connectivity index (χ4v) is 3.40. The maximum Gasteiger partial charge on any atom is 0.270 e. The van der Waals surface area contributed by atoms with Gasteiger partial charge in [-0.3, -0.25) is 19.8 Å². The normalized spacial score (nSPS) is 15.6. The van der Waals surface area contributed by atoms with E-state index < -0.39 is 11.8 Å². The molecule has 1 N–H and O–H groups in total. The highest BCUT2D eigenvalue weighted by Gasteiger charge is 2.35. The molecule has 2 aromatic rings. The topological polar surface area (TPSA) is 67.9 Å². The molecule has 30 heavy (non-hydrogen) atoms. The predicted molar refractivity (Wildman–Crippen MR) is 121 cm³/mol. The SMILES string of the molecule is COc1cc(/C=C2\C(=O)NC(=S)N(c3cc(C)ccc3C)C2=O)ccc1OC(C)C. The van der Waals surface area contributed by atoms with Gasteiger partial charge >= 0.3 is 0 Å². The smallest absolute Gasteiger partial charge is 0.270 e. The molecule has 0 saturated carbocycles. The van der Waals surface area contributed by atoms with Crippen molar-refractivity contribution in [1.82, 2.24) is 5.32 Å². The average molecular weight is 425 g/mol. The van der Waals surface area contributed by atoms with Crippen molar-refractivity contribution in [3.8, 4) is 11.5 Å². The standard InChI is InChI=1S/C23H24N2O4S/c1-13(2)29-19-9-8-16(12-20(19)28-5)11-17-21(26)24-23(30)25(22(17)27)18-10-14(3)6-7-15(18)4/h6-13H,1-5H3,(H,24,26,30)/b17-11+. The lowest BCUT2D eigenvalue weighted by Crippen LogP contribution is -2.54. The molecule has 0 bridgehead atoms. The number of nitrogens with one attached hydrogen (secondary N) is 1. The lowest BCUT2D eigenvalue weighted by atomic mass is 10.0. The minimum Gasteiger partial charge on any atom is -0.493 e. The molecule has 3 rings (SSSR count). The molecule has 0 aliphatic carbocycles. The summed E-state index contributed by atoms with van der Waals surface area (Å²) in [5.74, 6) is 0.0998. The molecular weight excluding hydrogens is 400 g/mol. The van der Waals surface area contributed by atoms with Crippen molar-refractivity contribution in [2.45, 2.75) is 33.8 Å². The minimum absolute atomic E-state index is 0.0101. The first-order chi connectivity index (χ1) is 14.2. The number of rotatable bonds is 5. The summed E-state index contributed by atoms with van der Waals surface area (Å²) in [4.78, 5) is 27.1. The lowest BCUT2D eigenvalue weighted by molar-refractivity contribution is -0.122. The first kappa shape index (κ1) is 21.5. The number of thiocarbonyl (C=S) groups is 1. The van der Waals surface area contributed by atoms with Gasteiger partial charge < -0.3 is 9.47 Å². The van der Waals surface area contributed by atoms with Gasteiger partial charge in [0.2, 0.25) is 0 Å². The Kier molecular flexibility index (Phi) is 6.22. The van der Waals surface area contributed by atoms with E-state index in [-0.39, 0.29) is 16.8 Å². The zero-order valence-electron chi connectivity index (χ0n) is 17.6. The zero-order valence-corrected chi connectivity index (χ0v) is 18.4. The fraction of sp³-hybridized carbons (Fsp3) is 0.261. The molecule has 1 aliphatic rings. The number of carbonyl (C=O) groups excluding carboxylic acids is 2. The van der Waals surface area contributed by atoms with Crippen molar-refractivity contribution in [1.29, 1.82) is 0 Å². The van der Waals surface area contributed by atoms with E-state index in [2.05, 4.69) is 5.32 Å². The van der Waals surface area contributed by atoms with Crippen molar-refractivity contribution in [2.75, 3.05) is 12.0 Å². The third-order valence-corrected chi connectivity index (χ3v) is 4.85. The van der Waals surface area contributed by atoms with Gasteiger partial charge in [0.05, 0.1) is 18.9 Å². The van der Waals surface area contributed by atoms with Crippen molar-refractivity contribution in [2.24, 2.45) is 0 Å². The Morgan fingerprint density at radius 2 is 1.80 bits per heavy atom. The molecule has 0 atom stereocenters. The van der Waals surface area contributed by atoms with Crippen LogP contribution in [0.1, 0.15) is 30.5 Å². The van der Waals surface area contributed by atoms with E-state index in [0.29, 0.717) is 22.7 Å². The number of nitrogens with zero attached hydrogens (tertiary/aromatic N) is 1. The predicted octanol–water partition coefficient (Wildman–Crippen LogP) is 3.93. The molecule has 156 valence electrons. The molecule has 1 aliphatic heterocycles. The van der Waals surface area contributed by atoms with E-state index in [4.69, 9.17) is 21.7 Å². The van der Waals surface area contributed by atoms with Crippen molar-refractivity contribution < 1.29 is 19.1 Å². The Hall–Kier alpha value is -3.19. The van der Waals surface area contributed by atoms with Crippen LogP contribution in [0.25, 0.3) is 6.08 Å². The van der Waals surface area contributed by atoms with Gasteiger partial charge in [-0.05, 0) is 80.9 Å². The van der Waals surface area contributed by atoms with Crippen LogP contribution in [0.2, 0.25) is 0 Å². The average Bonchev–Trinajstić information content (AvgIpc) is 2.68. The number of ether oxygens (including phenoxy) is 2. The van der Waals surface area contributed by atoms with E-state index in [1.807, 2.05) is 45.9 Å². The number of carbonyl (C=O) groups is 2. The Balaban J connectivity index is 2.01. The van der Waals surface area contributed by atoms with Crippen LogP contribution in [0.3, 0.4) is 0 Å². The molecule has 0 aromatic heterocycles. The van der Waals surface area contributed by atoms with Gasteiger partial charge in [0, 0.05) is 0 Å². The van der Waals surface area contributed by atoms with Crippen LogP contribution in [0.4, 0.5) is 5.69 Å². The van der Waals surface area contributed by atoms with Crippen molar-refractivity contribution in [3.05, 3.63) is 58.7 Å². The van der Waals surface area contributed by atoms with Crippen LogP contribution in [0.15, 0.2) is 42.0 Å². The minimum atomic E-state index is -0.534. The van der Waals surface area contributed by atoms with Crippen LogP contribution >= 0.6 is 12.2 Å². The summed E-state index contributed by atoms with van der Waals surface area (Å²) < 4.78 is 11.1. The maximum absolute atomic E-state index is 13.2. The molecule has 7 heteroatoms. The van der Waals surface area contributed by atoms with Crippen LogP contribution in [-0.4, -0.2) is 30.1 Å². The Morgan fingerprint density at radius 1 is 1.07 bits per heavy atom. The molecule has 1 heterocycles. The molecule has 0 radical (unpaired) electrons. The van der Waals surface area contributed by atoms with E-state index >= 15 is 0 Å². The molecule has 6 nitrogen and oxygen atoms in total. The summed E-state index contributed by atoms with van der Waals surface area (Å²) in [6, 6.07) is 11.0. The molecule has 0 spiro atoms. The van der Waals surface area contributed by atoms with Crippen LogP contribution < -0.4 is 19.7 Å². The van der Waals surface area contributed by atoms with Gasteiger partial charge in [0.25, 0.3) is 11.8 Å². The van der Waals surface area contributed by atoms with Gasteiger partial charge in [-0.15, -0.1) is 0 Å². The number of hydrogen-bond acceptors (Lipinski definition) is 5. The third kappa shape index (κ3) is 4.36. The Labute approximate surface area is 181 Å². The van der Waals surface area contributed by atoms with Crippen molar-refractivity contribution >= 4 is 40.9 Å². The van der Waals surface area contributed by atoms with Gasteiger partial charge in [-0.2, -0.15) is 0 Å². The van der Waals surface area contributed by atoms with Crippen LogP contribution in [0.5, 0.6) is 11.5 Å². The summed E-state index contributed by atoms with van der Waals surface area (Å²) in [5.41, 5.74) is 3.14. The van der Waals surface area contributed by atoms with E-state index in [1.54, 1.807) is 25.3 Å². The highest BCUT2D eigenvalue weighted by molar-refractivity contribution is 7.80. The third-order valence-electron chi connectivity index (χ3n) is 4.57. The molecular formula is C23H24N2O4S. The summed E-state index contributed by atoms with van der Waals surface area (Å²) in [5, 5.41) is 2.68. The number of anilines is 1. The summed E-state index contributed by atoms with van der Waals surface area (Å²) in [6.07, 6.45) is 1.51. The van der Waals surface area contributed by atoms with Gasteiger partial charge in [0.1, 0.15) is 5.57 Å². The lowest BCUT2D eigenvalue weighted by Gasteiger charge is -2.30. The van der Waals surface area contributed by atoms with Crippen LogP contribution in [-0.2, 0) is 9.59 Å².